The third-order valence-electron chi connectivity index (χ3n) is 5.31. The zero-order valence-electron chi connectivity index (χ0n) is 16.3. The number of carbonyl (C=O) groups excluding carboxylic acids is 2. The van der Waals surface area contributed by atoms with Crippen molar-refractivity contribution in [2.75, 3.05) is 36.5 Å². The topological polar surface area (TPSA) is 73.9 Å². The molecule has 0 aromatic heterocycles. The summed E-state index contributed by atoms with van der Waals surface area (Å²) in [6.45, 7) is 2.91. The van der Waals surface area contributed by atoms with Gasteiger partial charge in [-0.2, -0.15) is 0 Å². The monoisotopic (exact) mass is 394 g/mol. The molecule has 0 spiro atoms. The van der Waals surface area contributed by atoms with Gasteiger partial charge in [-0.15, -0.1) is 0 Å². The molecule has 0 radical (unpaired) electrons. The van der Waals surface area contributed by atoms with E-state index in [4.69, 9.17) is 4.74 Å². The molecule has 2 aromatic carbocycles. The van der Waals surface area contributed by atoms with E-state index in [9.17, 15) is 9.59 Å². The molecule has 2 aromatic rings. The van der Waals surface area contributed by atoms with Gasteiger partial charge in [0.2, 0.25) is 0 Å². The molecule has 1 atom stereocenters. The van der Waals surface area contributed by atoms with Crippen molar-refractivity contribution in [1.29, 1.82) is 0 Å². The molecule has 2 fully saturated rings. The van der Waals surface area contributed by atoms with E-state index < -0.39 is 0 Å². The van der Waals surface area contributed by atoms with Crippen LogP contribution in [0.5, 0.6) is 0 Å². The van der Waals surface area contributed by atoms with Crippen molar-refractivity contribution >= 4 is 23.5 Å². The Labute approximate surface area is 170 Å². The standard InChI is InChI=1S/C22H26N4O3/c27-21(25-12-4-7-19(16-25)24-18-5-2-1-3-6-18)23-15-17-8-10-20(11-9-17)26-13-14-29-22(26)28/h1-3,5-6,8-11,19,24H,4,7,12-16H2,(H,23,27). The van der Waals surface area contributed by atoms with Gasteiger partial charge in [0.25, 0.3) is 0 Å². The molecule has 2 aliphatic heterocycles. The molecule has 1 unspecified atom stereocenters. The molecule has 2 saturated heterocycles. The SMILES string of the molecule is O=C(NCc1ccc(N2CCOC2=O)cc1)N1CCCC(Nc2ccccc2)C1. The van der Waals surface area contributed by atoms with Gasteiger partial charge in [0.05, 0.1) is 6.54 Å². The molecule has 3 amide bonds. The Kier molecular flexibility index (Phi) is 5.84. The van der Waals surface area contributed by atoms with Gasteiger partial charge in [-0.1, -0.05) is 30.3 Å². The Balaban J connectivity index is 1.27. The zero-order valence-corrected chi connectivity index (χ0v) is 16.3. The molecule has 0 bridgehead atoms. The fraction of sp³-hybridized carbons (Fsp3) is 0.364. The summed E-state index contributed by atoms with van der Waals surface area (Å²) in [5.74, 6) is 0. The summed E-state index contributed by atoms with van der Waals surface area (Å²) in [7, 11) is 0. The minimum atomic E-state index is -0.310. The van der Waals surface area contributed by atoms with E-state index in [-0.39, 0.29) is 18.2 Å². The predicted molar refractivity (Wildman–Crippen MR) is 112 cm³/mol. The number of ether oxygens (including phenoxy) is 1. The number of nitrogens with one attached hydrogen (secondary N) is 2. The molecule has 29 heavy (non-hydrogen) atoms. The van der Waals surface area contributed by atoms with E-state index in [2.05, 4.69) is 10.6 Å². The van der Waals surface area contributed by atoms with Crippen LogP contribution in [0.4, 0.5) is 21.0 Å². The Bertz CT molecular complexity index is 841. The molecule has 2 N–H and O–H groups in total. The third-order valence-corrected chi connectivity index (χ3v) is 5.31. The molecule has 0 saturated carbocycles. The molecule has 152 valence electrons. The highest BCUT2D eigenvalue weighted by Crippen LogP contribution is 2.19. The first-order chi connectivity index (χ1) is 14.2. The number of hydrogen-bond donors (Lipinski definition) is 2. The highest BCUT2D eigenvalue weighted by Gasteiger charge is 2.24. The van der Waals surface area contributed by atoms with Crippen molar-refractivity contribution in [1.82, 2.24) is 10.2 Å². The van der Waals surface area contributed by atoms with E-state index in [1.165, 1.54) is 0 Å². The lowest BCUT2D eigenvalue weighted by atomic mass is 10.1. The summed E-state index contributed by atoms with van der Waals surface area (Å²) >= 11 is 0. The van der Waals surface area contributed by atoms with Crippen LogP contribution in [-0.2, 0) is 11.3 Å². The molecule has 2 aliphatic rings. The summed E-state index contributed by atoms with van der Waals surface area (Å²) in [6, 6.07) is 17.9. The summed E-state index contributed by atoms with van der Waals surface area (Å²) in [6.07, 6.45) is 1.73. The predicted octanol–water partition coefficient (Wildman–Crippen LogP) is 3.43. The van der Waals surface area contributed by atoms with Gasteiger partial charge in [0.15, 0.2) is 0 Å². The maximum Gasteiger partial charge on any atom is 0.414 e. The van der Waals surface area contributed by atoms with Crippen molar-refractivity contribution in [3.63, 3.8) is 0 Å². The fourth-order valence-electron chi connectivity index (χ4n) is 3.76. The van der Waals surface area contributed by atoms with Crippen LogP contribution in [0.1, 0.15) is 18.4 Å². The average Bonchev–Trinajstić information content (AvgIpc) is 3.19. The van der Waals surface area contributed by atoms with E-state index in [0.717, 1.165) is 36.3 Å². The van der Waals surface area contributed by atoms with Crippen LogP contribution < -0.4 is 15.5 Å². The van der Waals surface area contributed by atoms with E-state index in [0.29, 0.717) is 26.2 Å². The second-order valence-electron chi connectivity index (χ2n) is 7.39. The minimum absolute atomic E-state index is 0.0447. The number of piperidine rings is 1. The highest BCUT2D eigenvalue weighted by molar-refractivity contribution is 5.89. The molecule has 7 nitrogen and oxygen atoms in total. The second-order valence-corrected chi connectivity index (χ2v) is 7.39. The molecule has 2 heterocycles. The Morgan fingerprint density at radius 2 is 1.86 bits per heavy atom. The number of carbonyl (C=O) groups is 2. The molecular weight excluding hydrogens is 368 g/mol. The summed E-state index contributed by atoms with van der Waals surface area (Å²) in [5, 5.41) is 6.52. The molecule has 0 aliphatic carbocycles. The van der Waals surface area contributed by atoms with Crippen molar-refractivity contribution in [3.8, 4) is 0 Å². The smallest absolute Gasteiger partial charge is 0.414 e. The van der Waals surface area contributed by atoms with Gasteiger partial charge in [-0.3, -0.25) is 4.90 Å². The van der Waals surface area contributed by atoms with Crippen molar-refractivity contribution in [2.24, 2.45) is 0 Å². The van der Waals surface area contributed by atoms with Gasteiger partial charge in [-0.05, 0) is 42.7 Å². The maximum absolute atomic E-state index is 12.6. The van der Waals surface area contributed by atoms with Gasteiger partial charge >= 0.3 is 12.1 Å². The highest BCUT2D eigenvalue weighted by atomic mass is 16.6. The molecule has 4 rings (SSSR count). The number of nitrogens with zero attached hydrogens (tertiary/aromatic N) is 2. The van der Waals surface area contributed by atoms with Gasteiger partial charge < -0.3 is 20.3 Å². The maximum atomic E-state index is 12.6. The Hall–Kier alpha value is -3.22. The first kappa shape index (κ1) is 19.1. The first-order valence-electron chi connectivity index (χ1n) is 10.1. The number of likely N-dealkylation sites (tertiary alicyclic amines) is 1. The van der Waals surface area contributed by atoms with Crippen molar-refractivity contribution < 1.29 is 14.3 Å². The third kappa shape index (κ3) is 4.80. The largest absolute Gasteiger partial charge is 0.447 e. The normalized spacial score (nSPS) is 19.0. The Morgan fingerprint density at radius 1 is 1.07 bits per heavy atom. The van der Waals surface area contributed by atoms with E-state index >= 15 is 0 Å². The minimum Gasteiger partial charge on any atom is -0.447 e. The number of urea groups is 1. The number of benzene rings is 2. The lowest BCUT2D eigenvalue weighted by molar-refractivity contribution is 0.180. The lowest BCUT2D eigenvalue weighted by Crippen LogP contribution is -2.48. The molecule has 7 heteroatoms. The number of cyclic esters (lactones) is 1. The number of anilines is 2. The zero-order chi connectivity index (χ0) is 20.1. The summed E-state index contributed by atoms with van der Waals surface area (Å²) in [5.41, 5.74) is 2.89. The number of para-hydroxylation sites is 1. The quantitative estimate of drug-likeness (QED) is 0.815. The number of hydrogen-bond acceptors (Lipinski definition) is 4. The van der Waals surface area contributed by atoms with Crippen LogP contribution in [0.15, 0.2) is 54.6 Å². The second kappa shape index (κ2) is 8.86. The first-order valence-corrected chi connectivity index (χ1v) is 10.1. The van der Waals surface area contributed by atoms with Crippen LogP contribution in [0.2, 0.25) is 0 Å². The van der Waals surface area contributed by atoms with E-state index in [1.807, 2.05) is 59.5 Å². The van der Waals surface area contributed by atoms with Crippen LogP contribution in [0.25, 0.3) is 0 Å². The van der Waals surface area contributed by atoms with Gasteiger partial charge in [0.1, 0.15) is 6.61 Å². The van der Waals surface area contributed by atoms with Crippen LogP contribution in [-0.4, -0.2) is 49.3 Å². The number of rotatable bonds is 5. The fourth-order valence-corrected chi connectivity index (χ4v) is 3.76. The summed E-state index contributed by atoms with van der Waals surface area (Å²) < 4.78 is 4.96. The van der Waals surface area contributed by atoms with Gasteiger partial charge in [-0.25, -0.2) is 9.59 Å². The lowest BCUT2D eigenvalue weighted by Gasteiger charge is -2.33. The van der Waals surface area contributed by atoms with E-state index in [1.54, 1.807) is 4.90 Å². The van der Waals surface area contributed by atoms with Gasteiger partial charge in [0, 0.05) is 37.1 Å². The van der Waals surface area contributed by atoms with Crippen molar-refractivity contribution in [2.45, 2.75) is 25.4 Å². The molecular formula is C22H26N4O3. The summed E-state index contributed by atoms with van der Waals surface area (Å²) in [4.78, 5) is 27.7. The average molecular weight is 394 g/mol. The Morgan fingerprint density at radius 3 is 2.59 bits per heavy atom. The number of amides is 3. The van der Waals surface area contributed by atoms with Crippen LogP contribution in [0, 0.1) is 0 Å². The van der Waals surface area contributed by atoms with Crippen molar-refractivity contribution in [3.05, 3.63) is 60.2 Å². The van der Waals surface area contributed by atoms with Crippen LogP contribution in [0.3, 0.4) is 0 Å². The van der Waals surface area contributed by atoms with Crippen LogP contribution >= 0.6 is 0 Å².